The number of nitrogens with zero attached hydrogens (tertiary/aromatic N) is 2. The molecule has 0 aromatic carbocycles. The quantitative estimate of drug-likeness (QED) is 0.565. The lowest BCUT2D eigenvalue weighted by Crippen LogP contribution is -2.05. The van der Waals surface area contributed by atoms with Gasteiger partial charge in [-0.25, -0.2) is 0 Å². The third-order valence-corrected chi connectivity index (χ3v) is 3.35. The number of rotatable bonds is 5. The fourth-order valence-corrected chi connectivity index (χ4v) is 2.37. The van der Waals surface area contributed by atoms with Crippen LogP contribution in [0.25, 0.3) is 0 Å². The molecule has 1 aromatic rings. The lowest BCUT2D eigenvalue weighted by molar-refractivity contribution is 0.464. The molecule has 16 heavy (non-hydrogen) atoms. The molecular formula is C13H19ClN2. The van der Waals surface area contributed by atoms with Crippen molar-refractivity contribution in [2.75, 3.05) is 5.88 Å². The summed E-state index contributed by atoms with van der Waals surface area (Å²) in [5.41, 5.74) is 1.16. The van der Waals surface area contributed by atoms with Crippen molar-refractivity contribution >= 4 is 11.6 Å². The predicted octanol–water partition coefficient (Wildman–Crippen LogP) is 3.73. The molecule has 1 fully saturated rings. The van der Waals surface area contributed by atoms with Crippen LogP contribution in [0.5, 0.6) is 0 Å². The van der Waals surface area contributed by atoms with Crippen molar-refractivity contribution in [1.82, 2.24) is 9.78 Å². The average molecular weight is 239 g/mol. The Labute approximate surface area is 102 Å². The zero-order chi connectivity index (χ0) is 11.2. The molecule has 1 saturated carbocycles. The van der Waals surface area contributed by atoms with E-state index in [0.717, 1.165) is 18.5 Å². The Morgan fingerprint density at radius 1 is 1.38 bits per heavy atom. The van der Waals surface area contributed by atoms with Crippen molar-refractivity contribution in [2.24, 2.45) is 0 Å². The highest BCUT2D eigenvalue weighted by atomic mass is 35.5. The summed E-state index contributed by atoms with van der Waals surface area (Å²) in [7, 11) is 0. The maximum Gasteiger partial charge on any atom is 0.0662 e. The first kappa shape index (κ1) is 11.7. The maximum absolute atomic E-state index is 5.60. The van der Waals surface area contributed by atoms with E-state index in [1.807, 2.05) is 0 Å². The Morgan fingerprint density at radius 2 is 2.19 bits per heavy atom. The highest BCUT2D eigenvalue weighted by molar-refractivity contribution is 6.17. The van der Waals surface area contributed by atoms with E-state index in [4.69, 9.17) is 11.6 Å². The van der Waals surface area contributed by atoms with Crippen LogP contribution in [-0.2, 0) is 6.42 Å². The standard InChI is InChI=1S/C13H19ClN2/c14-10-5-1-2-6-12-9-11-16(15-12)13-7-3-4-8-13/h1-2,9,11,13H,3-8,10H2. The second-order valence-corrected chi connectivity index (χ2v) is 4.76. The van der Waals surface area contributed by atoms with E-state index in [2.05, 4.69) is 34.2 Å². The normalized spacial score (nSPS) is 17.6. The summed E-state index contributed by atoms with van der Waals surface area (Å²) in [4.78, 5) is 0. The van der Waals surface area contributed by atoms with Crippen LogP contribution in [0.1, 0.15) is 43.8 Å². The molecule has 0 N–H and O–H groups in total. The fraction of sp³-hybridized carbons (Fsp3) is 0.615. The van der Waals surface area contributed by atoms with Crippen molar-refractivity contribution in [3.63, 3.8) is 0 Å². The molecule has 0 unspecified atom stereocenters. The first-order chi connectivity index (χ1) is 7.90. The molecule has 2 rings (SSSR count). The van der Waals surface area contributed by atoms with Gasteiger partial charge in [-0.2, -0.15) is 5.10 Å². The van der Waals surface area contributed by atoms with E-state index in [9.17, 15) is 0 Å². The minimum atomic E-state index is 0.653. The molecule has 0 saturated heterocycles. The van der Waals surface area contributed by atoms with Gasteiger partial charge < -0.3 is 0 Å². The second kappa shape index (κ2) is 6.09. The molecule has 0 bridgehead atoms. The van der Waals surface area contributed by atoms with E-state index in [1.54, 1.807) is 0 Å². The number of allylic oxidation sites excluding steroid dienone is 2. The van der Waals surface area contributed by atoms with Gasteiger partial charge in [0, 0.05) is 18.5 Å². The van der Waals surface area contributed by atoms with E-state index in [-0.39, 0.29) is 0 Å². The van der Waals surface area contributed by atoms with Gasteiger partial charge >= 0.3 is 0 Å². The Bertz CT molecular complexity index is 337. The van der Waals surface area contributed by atoms with Crippen LogP contribution >= 0.6 is 11.6 Å². The van der Waals surface area contributed by atoms with Gasteiger partial charge in [0.15, 0.2) is 0 Å². The van der Waals surface area contributed by atoms with Crippen LogP contribution in [0.4, 0.5) is 0 Å². The van der Waals surface area contributed by atoms with Crippen LogP contribution in [0.2, 0.25) is 0 Å². The molecule has 3 heteroatoms. The summed E-state index contributed by atoms with van der Waals surface area (Å²) in [6.45, 7) is 0. The lowest BCUT2D eigenvalue weighted by Gasteiger charge is -2.08. The highest BCUT2D eigenvalue weighted by Gasteiger charge is 2.17. The zero-order valence-electron chi connectivity index (χ0n) is 9.61. The average Bonchev–Trinajstić information content (AvgIpc) is 2.94. The SMILES string of the molecule is ClCCC=CCc1ccn(C2CCCC2)n1. The molecule has 1 aliphatic rings. The number of hydrogen-bond donors (Lipinski definition) is 0. The van der Waals surface area contributed by atoms with Gasteiger partial charge in [0.1, 0.15) is 0 Å². The minimum absolute atomic E-state index is 0.653. The van der Waals surface area contributed by atoms with E-state index >= 15 is 0 Å². The highest BCUT2D eigenvalue weighted by Crippen LogP contribution is 2.28. The maximum atomic E-state index is 5.60. The Morgan fingerprint density at radius 3 is 2.94 bits per heavy atom. The minimum Gasteiger partial charge on any atom is -0.269 e. The van der Waals surface area contributed by atoms with Crippen molar-refractivity contribution < 1.29 is 0 Å². The van der Waals surface area contributed by atoms with Crippen LogP contribution in [0.3, 0.4) is 0 Å². The second-order valence-electron chi connectivity index (χ2n) is 4.38. The monoisotopic (exact) mass is 238 g/mol. The third kappa shape index (κ3) is 3.11. The van der Waals surface area contributed by atoms with Gasteiger partial charge in [-0.3, -0.25) is 4.68 Å². The molecule has 1 heterocycles. The molecule has 0 radical (unpaired) electrons. The van der Waals surface area contributed by atoms with Gasteiger partial charge in [0.05, 0.1) is 11.7 Å². The summed E-state index contributed by atoms with van der Waals surface area (Å²) in [5.74, 6) is 0.701. The molecule has 0 atom stereocenters. The molecule has 0 spiro atoms. The van der Waals surface area contributed by atoms with Crippen LogP contribution in [-0.4, -0.2) is 15.7 Å². The summed E-state index contributed by atoms with van der Waals surface area (Å²) in [5, 5.41) is 4.62. The molecule has 2 nitrogen and oxygen atoms in total. The summed E-state index contributed by atoms with van der Waals surface area (Å²) < 4.78 is 2.15. The number of aromatic nitrogens is 2. The van der Waals surface area contributed by atoms with Crippen molar-refractivity contribution in [1.29, 1.82) is 0 Å². The van der Waals surface area contributed by atoms with E-state index < -0.39 is 0 Å². The van der Waals surface area contributed by atoms with Gasteiger partial charge in [-0.15, -0.1) is 11.6 Å². The topological polar surface area (TPSA) is 17.8 Å². The molecular weight excluding hydrogens is 220 g/mol. The van der Waals surface area contributed by atoms with Gasteiger partial charge in [-0.05, 0) is 25.3 Å². The molecule has 0 amide bonds. The first-order valence-corrected chi connectivity index (χ1v) is 6.68. The number of hydrogen-bond acceptors (Lipinski definition) is 1. The van der Waals surface area contributed by atoms with Crippen molar-refractivity contribution in [3.8, 4) is 0 Å². The van der Waals surface area contributed by atoms with E-state index in [0.29, 0.717) is 11.9 Å². The summed E-state index contributed by atoms with van der Waals surface area (Å²) in [6.07, 6.45) is 13.6. The summed E-state index contributed by atoms with van der Waals surface area (Å²) >= 11 is 5.60. The molecule has 0 aliphatic heterocycles. The van der Waals surface area contributed by atoms with Gasteiger partial charge in [0.2, 0.25) is 0 Å². The summed E-state index contributed by atoms with van der Waals surface area (Å²) in [6, 6.07) is 2.78. The predicted molar refractivity (Wildman–Crippen MR) is 67.9 cm³/mol. The van der Waals surface area contributed by atoms with Gasteiger partial charge in [0.25, 0.3) is 0 Å². The Hall–Kier alpha value is -0.760. The Balaban J connectivity index is 1.86. The van der Waals surface area contributed by atoms with E-state index in [1.165, 1.54) is 25.7 Å². The number of halogens is 1. The molecule has 88 valence electrons. The van der Waals surface area contributed by atoms with Crippen LogP contribution in [0.15, 0.2) is 24.4 Å². The van der Waals surface area contributed by atoms with Crippen LogP contribution < -0.4 is 0 Å². The third-order valence-electron chi connectivity index (χ3n) is 3.13. The Kier molecular flexibility index (Phi) is 4.46. The van der Waals surface area contributed by atoms with Crippen molar-refractivity contribution in [3.05, 3.63) is 30.1 Å². The first-order valence-electron chi connectivity index (χ1n) is 6.15. The fourth-order valence-electron chi connectivity index (χ4n) is 2.24. The largest absolute Gasteiger partial charge is 0.269 e. The van der Waals surface area contributed by atoms with Gasteiger partial charge in [-0.1, -0.05) is 25.0 Å². The molecule has 1 aliphatic carbocycles. The lowest BCUT2D eigenvalue weighted by atomic mass is 10.3. The van der Waals surface area contributed by atoms with Crippen molar-refractivity contribution in [2.45, 2.75) is 44.6 Å². The molecule has 1 aromatic heterocycles. The zero-order valence-corrected chi connectivity index (χ0v) is 10.4. The number of alkyl halides is 1. The smallest absolute Gasteiger partial charge is 0.0662 e. The van der Waals surface area contributed by atoms with Crippen LogP contribution in [0, 0.1) is 0 Å².